The molecular weight excluding hydrogens is 320 g/mol. The highest BCUT2D eigenvalue weighted by Gasteiger charge is 2.15. The summed E-state index contributed by atoms with van der Waals surface area (Å²) >= 11 is 5.29. The topological polar surface area (TPSA) is 15.3 Å². The lowest BCUT2D eigenvalue weighted by Crippen LogP contribution is -2.19. The Morgan fingerprint density at radius 1 is 1.11 bits per heavy atom. The molecule has 0 radical (unpaired) electrons. The van der Waals surface area contributed by atoms with Crippen LogP contribution in [0.4, 0.5) is 11.4 Å². The van der Waals surface area contributed by atoms with Crippen LogP contribution in [0.2, 0.25) is 0 Å². The predicted octanol–water partition coefficient (Wildman–Crippen LogP) is 4.72. The molecule has 0 bridgehead atoms. The largest absolute Gasteiger partial charge is 0.378 e. The summed E-state index contributed by atoms with van der Waals surface area (Å²) in [4.78, 5) is 3.83. The summed E-state index contributed by atoms with van der Waals surface area (Å²) in [6.07, 6.45) is 2.62. The van der Waals surface area contributed by atoms with Crippen molar-refractivity contribution in [1.29, 1.82) is 0 Å². The third-order valence-electron chi connectivity index (χ3n) is 3.43. The zero-order chi connectivity index (χ0) is 13.1. The minimum Gasteiger partial charge on any atom is -0.378 e. The number of anilines is 2. The molecule has 1 N–H and O–H groups in total. The average molecular weight is 337 g/mol. The van der Waals surface area contributed by atoms with Gasteiger partial charge in [-0.25, -0.2) is 0 Å². The van der Waals surface area contributed by atoms with E-state index in [-0.39, 0.29) is 0 Å². The lowest BCUT2D eigenvalue weighted by Gasteiger charge is -2.21. The van der Waals surface area contributed by atoms with Crippen molar-refractivity contribution in [3.05, 3.63) is 45.1 Å². The number of nitrogens with one attached hydrogen (secondary N) is 1. The highest BCUT2D eigenvalue weighted by molar-refractivity contribution is 9.11. The van der Waals surface area contributed by atoms with Crippen LogP contribution in [-0.2, 0) is 6.54 Å². The Bertz CT molecular complexity index is 547. The normalized spacial score (nSPS) is 14.9. The minimum absolute atomic E-state index is 0.890. The summed E-state index contributed by atoms with van der Waals surface area (Å²) in [6.45, 7) is 3.26. The fourth-order valence-corrected chi connectivity index (χ4v) is 3.91. The first-order valence-electron chi connectivity index (χ1n) is 6.65. The zero-order valence-corrected chi connectivity index (χ0v) is 13.1. The van der Waals surface area contributed by atoms with Crippen molar-refractivity contribution in [3.8, 4) is 0 Å². The molecule has 0 saturated carbocycles. The molecule has 1 fully saturated rings. The van der Waals surface area contributed by atoms with Gasteiger partial charge in [-0.05, 0) is 53.0 Å². The number of hydrogen-bond acceptors (Lipinski definition) is 3. The van der Waals surface area contributed by atoms with Gasteiger partial charge in [-0.15, -0.1) is 11.3 Å². The van der Waals surface area contributed by atoms with Gasteiger partial charge in [0, 0.05) is 24.5 Å². The number of rotatable bonds is 4. The fraction of sp³-hybridized carbons (Fsp3) is 0.333. The molecular formula is C15H17BrN2S. The van der Waals surface area contributed by atoms with Crippen molar-refractivity contribution >= 4 is 38.6 Å². The van der Waals surface area contributed by atoms with Gasteiger partial charge in [0.05, 0.1) is 15.2 Å². The third kappa shape index (κ3) is 3.12. The Morgan fingerprint density at radius 3 is 2.63 bits per heavy atom. The Morgan fingerprint density at radius 2 is 1.89 bits per heavy atom. The Balaban J connectivity index is 1.73. The quantitative estimate of drug-likeness (QED) is 0.868. The summed E-state index contributed by atoms with van der Waals surface area (Å²) in [7, 11) is 0. The molecule has 0 amide bonds. The minimum atomic E-state index is 0.890. The van der Waals surface area contributed by atoms with Crippen LogP contribution in [0.15, 0.2) is 40.2 Å². The van der Waals surface area contributed by atoms with Crippen LogP contribution < -0.4 is 10.2 Å². The standard InChI is InChI=1S/C15H17BrN2S/c16-15-8-7-12(19-15)11-17-13-5-1-2-6-14(13)18-9-3-4-10-18/h1-2,5-8,17H,3-4,9-11H2. The van der Waals surface area contributed by atoms with E-state index in [1.165, 1.54) is 46.0 Å². The third-order valence-corrected chi connectivity index (χ3v) is 5.06. The average Bonchev–Trinajstić information content (AvgIpc) is 3.08. The van der Waals surface area contributed by atoms with Crippen molar-refractivity contribution in [2.45, 2.75) is 19.4 Å². The predicted molar refractivity (Wildman–Crippen MR) is 87.2 cm³/mol. The molecule has 2 aromatic rings. The van der Waals surface area contributed by atoms with E-state index in [1.54, 1.807) is 11.3 Å². The molecule has 1 aliphatic rings. The van der Waals surface area contributed by atoms with Crippen LogP contribution in [-0.4, -0.2) is 13.1 Å². The molecule has 3 rings (SSSR count). The van der Waals surface area contributed by atoms with E-state index in [0.717, 1.165) is 6.54 Å². The fourth-order valence-electron chi connectivity index (χ4n) is 2.49. The zero-order valence-electron chi connectivity index (χ0n) is 10.7. The van der Waals surface area contributed by atoms with Gasteiger partial charge in [-0.1, -0.05) is 12.1 Å². The van der Waals surface area contributed by atoms with Crippen molar-refractivity contribution in [3.63, 3.8) is 0 Å². The molecule has 2 nitrogen and oxygen atoms in total. The number of halogens is 1. The van der Waals surface area contributed by atoms with Gasteiger partial charge in [0.1, 0.15) is 0 Å². The van der Waals surface area contributed by atoms with Crippen LogP contribution in [0.5, 0.6) is 0 Å². The number of para-hydroxylation sites is 2. The van der Waals surface area contributed by atoms with Gasteiger partial charge < -0.3 is 10.2 Å². The number of hydrogen-bond donors (Lipinski definition) is 1. The lowest BCUT2D eigenvalue weighted by atomic mass is 10.2. The number of thiophene rings is 1. The van der Waals surface area contributed by atoms with E-state index < -0.39 is 0 Å². The van der Waals surface area contributed by atoms with E-state index in [0.29, 0.717) is 0 Å². The van der Waals surface area contributed by atoms with E-state index in [9.17, 15) is 0 Å². The van der Waals surface area contributed by atoms with Crippen molar-refractivity contribution in [2.75, 3.05) is 23.3 Å². The van der Waals surface area contributed by atoms with Crippen molar-refractivity contribution in [2.24, 2.45) is 0 Å². The number of benzene rings is 1. The molecule has 0 unspecified atom stereocenters. The highest BCUT2D eigenvalue weighted by atomic mass is 79.9. The van der Waals surface area contributed by atoms with Crippen LogP contribution in [0.1, 0.15) is 17.7 Å². The van der Waals surface area contributed by atoms with Gasteiger partial charge in [0.25, 0.3) is 0 Å². The first kappa shape index (κ1) is 13.0. The molecule has 1 aromatic heterocycles. The van der Waals surface area contributed by atoms with Gasteiger partial charge in [0.2, 0.25) is 0 Å². The Kier molecular flexibility index (Phi) is 4.09. The van der Waals surface area contributed by atoms with Crippen LogP contribution in [0.25, 0.3) is 0 Å². The Hall–Kier alpha value is -1.00. The lowest BCUT2D eigenvalue weighted by molar-refractivity contribution is 0.949. The van der Waals surface area contributed by atoms with E-state index in [1.807, 2.05) is 0 Å². The first-order chi connectivity index (χ1) is 9.33. The second-order valence-electron chi connectivity index (χ2n) is 4.77. The summed E-state index contributed by atoms with van der Waals surface area (Å²) in [5.41, 5.74) is 2.59. The molecule has 100 valence electrons. The smallest absolute Gasteiger partial charge is 0.0702 e. The van der Waals surface area contributed by atoms with E-state index in [4.69, 9.17) is 0 Å². The van der Waals surface area contributed by atoms with Crippen LogP contribution in [0.3, 0.4) is 0 Å². The van der Waals surface area contributed by atoms with Gasteiger partial charge in [0.15, 0.2) is 0 Å². The SMILES string of the molecule is Brc1ccc(CNc2ccccc2N2CCCC2)s1. The van der Waals surface area contributed by atoms with Gasteiger partial charge in [-0.3, -0.25) is 0 Å². The highest BCUT2D eigenvalue weighted by Crippen LogP contribution is 2.30. The maximum absolute atomic E-state index is 3.57. The van der Waals surface area contributed by atoms with Gasteiger partial charge in [-0.2, -0.15) is 0 Å². The summed E-state index contributed by atoms with van der Waals surface area (Å²) in [5.74, 6) is 0. The van der Waals surface area contributed by atoms with E-state index in [2.05, 4.69) is 62.5 Å². The number of nitrogens with zero attached hydrogens (tertiary/aromatic N) is 1. The molecule has 1 saturated heterocycles. The molecule has 1 aromatic carbocycles. The van der Waals surface area contributed by atoms with Crippen LogP contribution >= 0.6 is 27.3 Å². The molecule has 19 heavy (non-hydrogen) atoms. The van der Waals surface area contributed by atoms with Crippen molar-refractivity contribution < 1.29 is 0 Å². The molecule has 0 atom stereocenters. The maximum Gasteiger partial charge on any atom is 0.0702 e. The van der Waals surface area contributed by atoms with E-state index >= 15 is 0 Å². The molecule has 0 spiro atoms. The molecule has 0 aliphatic carbocycles. The second-order valence-corrected chi connectivity index (χ2v) is 7.32. The summed E-state index contributed by atoms with van der Waals surface area (Å²) in [5, 5.41) is 3.57. The van der Waals surface area contributed by atoms with Gasteiger partial charge >= 0.3 is 0 Å². The Labute approximate surface area is 126 Å². The molecule has 1 aliphatic heterocycles. The van der Waals surface area contributed by atoms with Crippen LogP contribution in [0, 0.1) is 0 Å². The molecule has 2 heterocycles. The maximum atomic E-state index is 3.57. The summed E-state index contributed by atoms with van der Waals surface area (Å²) < 4.78 is 1.19. The molecule has 4 heteroatoms. The monoisotopic (exact) mass is 336 g/mol. The first-order valence-corrected chi connectivity index (χ1v) is 8.26. The summed E-state index contributed by atoms with van der Waals surface area (Å²) in [6, 6.07) is 12.9. The van der Waals surface area contributed by atoms with Crippen molar-refractivity contribution in [1.82, 2.24) is 0 Å². The second kappa shape index (κ2) is 5.97.